The molecule has 0 bridgehead atoms. The first-order valence-corrected chi connectivity index (χ1v) is 18.8. The highest BCUT2D eigenvalue weighted by molar-refractivity contribution is 6.29. The maximum Gasteiger partial charge on any atom is 0.136 e. The summed E-state index contributed by atoms with van der Waals surface area (Å²) in [6.07, 6.45) is 0. The van der Waals surface area contributed by atoms with E-state index in [-0.39, 0.29) is 0 Å². The summed E-state index contributed by atoms with van der Waals surface area (Å²) in [5.41, 5.74) is 22.7. The number of fused-ring (bicyclic) bond motifs is 5. The van der Waals surface area contributed by atoms with E-state index in [2.05, 4.69) is 177 Å². The summed E-state index contributed by atoms with van der Waals surface area (Å²) >= 11 is 0. The summed E-state index contributed by atoms with van der Waals surface area (Å²) < 4.78 is 6.53. The molecule has 0 fully saturated rings. The van der Waals surface area contributed by atoms with E-state index in [1.54, 1.807) is 0 Å². The lowest BCUT2D eigenvalue weighted by Crippen LogP contribution is -2.04. The van der Waals surface area contributed by atoms with E-state index in [9.17, 15) is 0 Å². The molecule has 8 aromatic carbocycles. The Labute approximate surface area is 312 Å². The fourth-order valence-electron chi connectivity index (χ4n) is 9.07. The number of para-hydroxylation sites is 1. The van der Waals surface area contributed by atoms with Crippen molar-refractivity contribution in [3.8, 4) is 44.5 Å². The van der Waals surface area contributed by atoms with Gasteiger partial charge in [0.1, 0.15) is 11.2 Å². The molecule has 0 N–H and O–H groups in total. The van der Waals surface area contributed by atoms with Crippen LogP contribution in [0.5, 0.6) is 0 Å². The Morgan fingerprint density at radius 1 is 0.283 bits per heavy atom. The van der Waals surface area contributed by atoms with Gasteiger partial charge < -0.3 is 4.42 Å². The van der Waals surface area contributed by atoms with Crippen LogP contribution < -0.4 is 0 Å². The molecule has 1 heterocycles. The molecule has 53 heavy (non-hydrogen) atoms. The number of hydrogen-bond acceptors (Lipinski definition) is 1. The highest BCUT2D eigenvalue weighted by atomic mass is 16.3. The van der Waals surface area contributed by atoms with E-state index in [1.807, 2.05) is 0 Å². The molecule has 0 saturated carbocycles. The van der Waals surface area contributed by atoms with Gasteiger partial charge in [0.25, 0.3) is 0 Å². The standard InChI is InChI=1S/C52H44O/c1-29-31(3)35(7)48-46(33(29)5)51(41-20-13-12-19-40(41)39-27-25-38(26-28-39)37-17-10-9-11-18-37)47-34(6)30(2)32(4)36(8)49(47)52(48)43-22-16-24-45-50(43)42-21-14-15-23-44(42)53-45/h9-28H,1-8H3. The topological polar surface area (TPSA) is 13.1 Å². The van der Waals surface area contributed by atoms with Gasteiger partial charge in [-0.1, -0.05) is 109 Å². The minimum absolute atomic E-state index is 0.923. The van der Waals surface area contributed by atoms with E-state index in [1.165, 1.54) is 116 Å². The smallest absolute Gasteiger partial charge is 0.136 e. The molecule has 0 aliphatic carbocycles. The van der Waals surface area contributed by atoms with Crippen LogP contribution in [0.15, 0.2) is 126 Å². The van der Waals surface area contributed by atoms with Crippen LogP contribution >= 0.6 is 0 Å². The van der Waals surface area contributed by atoms with E-state index in [0.29, 0.717) is 0 Å². The molecule has 0 aliphatic heterocycles. The normalized spacial score (nSPS) is 11.8. The molecular weight excluding hydrogens is 641 g/mol. The van der Waals surface area contributed by atoms with Crippen molar-refractivity contribution in [2.75, 3.05) is 0 Å². The zero-order valence-electron chi connectivity index (χ0n) is 32.0. The third-order valence-corrected chi connectivity index (χ3v) is 12.5. The van der Waals surface area contributed by atoms with Crippen LogP contribution in [-0.2, 0) is 0 Å². The SMILES string of the molecule is Cc1c(C)c(C)c2c(-c3cccc4oc5ccccc5c34)c3c(C)c(C)c(C)c(C)c3c(-c3ccccc3-c3ccc(-c4ccccc4)cc3)c2c1C. The molecule has 9 rings (SSSR count). The third-order valence-electron chi connectivity index (χ3n) is 12.5. The zero-order valence-corrected chi connectivity index (χ0v) is 32.0. The van der Waals surface area contributed by atoms with Crippen molar-refractivity contribution in [3.05, 3.63) is 166 Å². The largest absolute Gasteiger partial charge is 0.456 e. The quantitative estimate of drug-likeness (QED) is 0.168. The molecule has 9 aromatic rings. The Hall–Kier alpha value is -5.92. The Kier molecular flexibility index (Phi) is 7.68. The number of hydrogen-bond donors (Lipinski definition) is 0. The van der Waals surface area contributed by atoms with Gasteiger partial charge in [0, 0.05) is 10.8 Å². The maximum atomic E-state index is 6.53. The van der Waals surface area contributed by atoms with Gasteiger partial charge in [-0.05, 0) is 178 Å². The Balaban J connectivity index is 1.49. The molecule has 0 aliphatic rings. The summed E-state index contributed by atoms with van der Waals surface area (Å²) in [6.45, 7) is 18.6. The van der Waals surface area contributed by atoms with Gasteiger partial charge in [0.15, 0.2) is 0 Å². The average Bonchev–Trinajstić information content (AvgIpc) is 3.59. The molecule has 0 saturated heterocycles. The molecule has 0 atom stereocenters. The number of furan rings is 1. The summed E-state index contributed by atoms with van der Waals surface area (Å²) in [5, 5.41) is 7.71. The Bertz CT molecular complexity index is 2860. The summed E-state index contributed by atoms with van der Waals surface area (Å²) in [5.74, 6) is 0. The second-order valence-electron chi connectivity index (χ2n) is 15.0. The van der Waals surface area contributed by atoms with Crippen LogP contribution in [-0.4, -0.2) is 0 Å². The lowest BCUT2D eigenvalue weighted by Gasteiger charge is -2.28. The highest BCUT2D eigenvalue weighted by Gasteiger charge is 2.28. The molecule has 0 unspecified atom stereocenters. The summed E-state index contributed by atoms with van der Waals surface area (Å²) in [6, 6.07) is 44.0. The zero-order chi connectivity index (χ0) is 36.7. The minimum Gasteiger partial charge on any atom is -0.456 e. The van der Waals surface area contributed by atoms with Crippen molar-refractivity contribution >= 4 is 43.5 Å². The van der Waals surface area contributed by atoms with Crippen LogP contribution in [0.2, 0.25) is 0 Å². The summed E-state index contributed by atoms with van der Waals surface area (Å²) in [7, 11) is 0. The monoisotopic (exact) mass is 684 g/mol. The second kappa shape index (κ2) is 12.3. The highest BCUT2D eigenvalue weighted by Crippen LogP contribution is 2.53. The number of aryl methyl sites for hydroxylation is 4. The summed E-state index contributed by atoms with van der Waals surface area (Å²) in [4.78, 5) is 0. The molecule has 258 valence electrons. The molecule has 0 spiro atoms. The predicted octanol–water partition coefficient (Wildman–Crippen LogP) is 15.0. The average molecular weight is 685 g/mol. The van der Waals surface area contributed by atoms with Crippen molar-refractivity contribution in [1.29, 1.82) is 0 Å². The first-order chi connectivity index (χ1) is 25.7. The van der Waals surface area contributed by atoms with E-state index < -0.39 is 0 Å². The maximum absolute atomic E-state index is 6.53. The van der Waals surface area contributed by atoms with Crippen LogP contribution in [0.1, 0.15) is 44.5 Å². The first-order valence-electron chi connectivity index (χ1n) is 18.8. The van der Waals surface area contributed by atoms with Gasteiger partial charge >= 0.3 is 0 Å². The van der Waals surface area contributed by atoms with Crippen molar-refractivity contribution < 1.29 is 4.42 Å². The molecule has 0 radical (unpaired) electrons. The van der Waals surface area contributed by atoms with E-state index in [0.717, 1.165) is 16.6 Å². The van der Waals surface area contributed by atoms with Gasteiger partial charge in [0.05, 0.1) is 0 Å². The predicted molar refractivity (Wildman–Crippen MR) is 228 cm³/mol. The molecule has 1 heteroatoms. The Morgan fingerprint density at radius 3 is 1.28 bits per heavy atom. The molecule has 1 nitrogen and oxygen atoms in total. The second-order valence-corrected chi connectivity index (χ2v) is 15.0. The number of rotatable bonds is 4. The first kappa shape index (κ1) is 33.0. The van der Waals surface area contributed by atoms with E-state index >= 15 is 0 Å². The molecular formula is C52H44O. The minimum atomic E-state index is 0.923. The van der Waals surface area contributed by atoms with Gasteiger partial charge in [-0.2, -0.15) is 0 Å². The fraction of sp³-hybridized carbons (Fsp3) is 0.154. The van der Waals surface area contributed by atoms with Crippen LogP contribution in [0, 0.1) is 55.4 Å². The third kappa shape index (κ3) is 4.84. The number of benzene rings is 8. The van der Waals surface area contributed by atoms with Crippen LogP contribution in [0.4, 0.5) is 0 Å². The lowest BCUT2D eigenvalue weighted by molar-refractivity contribution is 0.669. The fourth-order valence-corrected chi connectivity index (χ4v) is 9.07. The van der Waals surface area contributed by atoms with Crippen molar-refractivity contribution in [1.82, 2.24) is 0 Å². The lowest BCUT2D eigenvalue weighted by atomic mass is 9.75. The van der Waals surface area contributed by atoms with Gasteiger partial charge in [-0.25, -0.2) is 0 Å². The van der Waals surface area contributed by atoms with Crippen LogP contribution in [0.25, 0.3) is 88.0 Å². The van der Waals surface area contributed by atoms with Gasteiger partial charge in [0.2, 0.25) is 0 Å². The van der Waals surface area contributed by atoms with Gasteiger partial charge in [-0.3, -0.25) is 0 Å². The Morgan fingerprint density at radius 2 is 0.698 bits per heavy atom. The van der Waals surface area contributed by atoms with E-state index in [4.69, 9.17) is 4.42 Å². The van der Waals surface area contributed by atoms with Crippen molar-refractivity contribution in [2.24, 2.45) is 0 Å². The van der Waals surface area contributed by atoms with Crippen LogP contribution in [0.3, 0.4) is 0 Å². The van der Waals surface area contributed by atoms with Crippen molar-refractivity contribution in [3.63, 3.8) is 0 Å². The molecule has 0 amide bonds. The van der Waals surface area contributed by atoms with Crippen molar-refractivity contribution in [2.45, 2.75) is 55.4 Å². The molecule has 1 aromatic heterocycles. The van der Waals surface area contributed by atoms with Gasteiger partial charge in [-0.15, -0.1) is 0 Å².